The molecule has 0 unspecified atom stereocenters. The first kappa shape index (κ1) is 18.8. The normalized spacial score (nSPS) is 21.6. The van der Waals surface area contributed by atoms with Gasteiger partial charge >= 0.3 is 6.18 Å². The summed E-state index contributed by atoms with van der Waals surface area (Å²) < 4.78 is 39.5. The maximum atomic E-state index is 13.2. The van der Waals surface area contributed by atoms with Crippen molar-refractivity contribution in [2.75, 3.05) is 11.4 Å². The molecule has 1 N–H and O–H groups in total. The van der Waals surface area contributed by atoms with E-state index in [1.807, 2.05) is 6.07 Å². The zero-order valence-corrected chi connectivity index (χ0v) is 15.4. The van der Waals surface area contributed by atoms with Gasteiger partial charge < -0.3 is 10.2 Å². The van der Waals surface area contributed by atoms with E-state index in [0.717, 1.165) is 43.1 Å². The summed E-state index contributed by atoms with van der Waals surface area (Å²) >= 11 is 0. The third-order valence-corrected chi connectivity index (χ3v) is 5.70. The topological polar surface area (TPSA) is 45.2 Å². The van der Waals surface area contributed by atoms with E-state index in [4.69, 9.17) is 0 Å². The number of hydrogen-bond donors (Lipinski definition) is 1. The molecular formula is C21H22F3N3O. The largest absolute Gasteiger partial charge is 0.416 e. The molecule has 28 heavy (non-hydrogen) atoms. The van der Waals surface area contributed by atoms with Crippen LogP contribution in [0.25, 0.3) is 0 Å². The molecule has 0 radical (unpaired) electrons. The van der Waals surface area contributed by atoms with Crippen LogP contribution in [0.2, 0.25) is 0 Å². The lowest BCUT2D eigenvalue weighted by molar-refractivity contribution is -0.137. The van der Waals surface area contributed by atoms with Gasteiger partial charge in [-0.3, -0.25) is 9.78 Å². The minimum Gasteiger partial charge on any atom is -0.368 e. The number of nitrogens with zero attached hydrogens (tertiary/aromatic N) is 2. The first-order chi connectivity index (χ1) is 13.4. The lowest BCUT2D eigenvalue weighted by Crippen LogP contribution is -2.53. The smallest absolute Gasteiger partial charge is 0.368 e. The summed E-state index contributed by atoms with van der Waals surface area (Å²) in [6.45, 7) is 1.14. The Balaban J connectivity index is 1.58. The second-order valence-corrected chi connectivity index (χ2v) is 7.49. The van der Waals surface area contributed by atoms with E-state index in [2.05, 4.69) is 15.2 Å². The molecule has 2 aromatic rings. The molecule has 1 aromatic carbocycles. The number of carbonyl (C=O) groups is 1. The number of hydrogen-bond acceptors (Lipinski definition) is 3. The van der Waals surface area contributed by atoms with Gasteiger partial charge in [0.2, 0.25) is 5.91 Å². The summed E-state index contributed by atoms with van der Waals surface area (Å²) in [5.41, 5.74) is 1.69. The van der Waals surface area contributed by atoms with E-state index < -0.39 is 11.7 Å². The number of aromatic nitrogens is 1. The maximum absolute atomic E-state index is 13.2. The summed E-state index contributed by atoms with van der Waals surface area (Å²) in [5.74, 6) is -0.461. The van der Waals surface area contributed by atoms with Gasteiger partial charge in [0.25, 0.3) is 0 Å². The number of halogens is 3. The van der Waals surface area contributed by atoms with Crippen LogP contribution in [-0.2, 0) is 23.9 Å². The fraction of sp³-hybridized carbons (Fsp3) is 0.429. The fourth-order valence-electron chi connectivity index (χ4n) is 4.34. The van der Waals surface area contributed by atoms with E-state index in [0.29, 0.717) is 18.5 Å². The minimum absolute atomic E-state index is 0.0342. The van der Waals surface area contributed by atoms with E-state index in [1.165, 1.54) is 6.07 Å². The molecule has 0 spiro atoms. The third kappa shape index (κ3) is 3.70. The van der Waals surface area contributed by atoms with Gasteiger partial charge in [-0.1, -0.05) is 6.07 Å². The van der Waals surface area contributed by atoms with E-state index in [9.17, 15) is 18.0 Å². The highest BCUT2D eigenvalue weighted by Crippen LogP contribution is 2.41. The summed E-state index contributed by atoms with van der Waals surface area (Å²) in [5, 5.41) is 2.95. The highest BCUT2D eigenvalue weighted by atomic mass is 19.4. The predicted molar refractivity (Wildman–Crippen MR) is 99.7 cm³/mol. The average Bonchev–Trinajstić information content (AvgIpc) is 2.71. The monoisotopic (exact) mass is 389 g/mol. The van der Waals surface area contributed by atoms with Crippen molar-refractivity contribution in [1.29, 1.82) is 0 Å². The molecule has 148 valence electrons. The molecule has 1 aromatic heterocycles. The van der Waals surface area contributed by atoms with Crippen LogP contribution in [0.5, 0.6) is 0 Å². The Kier molecular flexibility index (Phi) is 5.00. The Labute approximate surface area is 161 Å². The Morgan fingerprint density at radius 2 is 2.11 bits per heavy atom. The Hall–Kier alpha value is -2.57. The van der Waals surface area contributed by atoms with Crippen molar-refractivity contribution in [2.45, 2.75) is 44.4 Å². The van der Waals surface area contributed by atoms with Gasteiger partial charge in [0.1, 0.15) is 0 Å². The van der Waals surface area contributed by atoms with Crippen LogP contribution in [0.3, 0.4) is 0 Å². The van der Waals surface area contributed by atoms with Crippen LogP contribution >= 0.6 is 0 Å². The lowest BCUT2D eigenvalue weighted by atomic mass is 9.80. The van der Waals surface area contributed by atoms with E-state index in [-0.39, 0.29) is 17.9 Å². The van der Waals surface area contributed by atoms with Crippen LogP contribution in [0.4, 0.5) is 18.9 Å². The summed E-state index contributed by atoms with van der Waals surface area (Å²) in [4.78, 5) is 19.1. The average molecular weight is 389 g/mol. The maximum Gasteiger partial charge on any atom is 0.416 e. The fourth-order valence-corrected chi connectivity index (χ4v) is 4.34. The molecule has 4 nitrogen and oxygen atoms in total. The SMILES string of the molecule is O=C(NCc1cccnc1)[C@H]1Cc2cc(C(F)(F)F)ccc2N2CCCC[C@@H]12. The van der Waals surface area contributed by atoms with Gasteiger partial charge in [-0.05, 0) is 61.1 Å². The Morgan fingerprint density at radius 3 is 2.86 bits per heavy atom. The molecule has 1 amide bonds. The first-order valence-electron chi connectivity index (χ1n) is 9.57. The number of piperidine rings is 1. The number of fused-ring (bicyclic) bond motifs is 3. The van der Waals surface area contributed by atoms with Gasteiger partial charge in [-0.25, -0.2) is 0 Å². The molecule has 0 saturated carbocycles. The summed E-state index contributed by atoms with van der Waals surface area (Å²) in [6, 6.07) is 7.65. The predicted octanol–water partition coefficient (Wildman–Crippen LogP) is 3.95. The molecule has 1 fully saturated rings. The van der Waals surface area contributed by atoms with Crippen molar-refractivity contribution >= 4 is 11.6 Å². The van der Waals surface area contributed by atoms with Crippen molar-refractivity contribution in [2.24, 2.45) is 5.92 Å². The number of nitrogens with one attached hydrogen (secondary N) is 1. The standard InChI is InChI=1S/C21H22F3N3O/c22-21(23,24)16-6-7-18-15(10-16)11-17(19-5-1-2-9-27(18)19)20(28)26-13-14-4-3-8-25-12-14/h3-4,6-8,10,12,17,19H,1-2,5,9,11,13H2,(H,26,28)/t17-,19-/m0/s1. The van der Waals surface area contributed by atoms with Crippen LogP contribution in [0.15, 0.2) is 42.7 Å². The molecule has 2 atom stereocenters. The van der Waals surface area contributed by atoms with E-state index >= 15 is 0 Å². The molecule has 1 saturated heterocycles. The van der Waals surface area contributed by atoms with Gasteiger partial charge in [0.05, 0.1) is 11.5 Å². The van der Waals surface area contributed by atoms with Crippen LogP contribution in [0.1, 0.15) is 36.0 Å². The van der Waals surface area contributed by atoms with Crippen molar-refractivity contribution in [3.05, 3.63) is 59.4 Å². The van der Waals surface area contributed by atoms with Crippen molar-refractivity contribution in [3.8, 4) is 0 Å². The number of amides is 1. The van der Waals surface area contributed by atoms with E-state index in [1.54, 1.807) is 24.5 Å². The van der Waals surface area contributed by atoms with Gasteiger partial charge in [-0.2, -0.15) is 13.2 Å². The van der Waals surface area contributed by atoms with Gasteiger partial charge in [0, 0.05) is 37.2 Å². The van der Waals surface area contributed by atoms with Crippen molar-refractivity contribution in [1.82, 2.24) is 10.3 Å². The molecule has 3 heterocycles. The number of benzene rings is 1. The minimum atomic E-state index is -4.38. The number of carbonyl (C=O) groups excluding carboxylic acids is 1. The summed E-state index contributed by atoms with van der Waals surface area (Å²) in [7, 11) is 0. The second-order valence-electron chi connectivity index (χ2n) is 7.49. The highest BCUT2D eigenvalue weighted by molar-refractivity contribution is 5.82. The first-order valence-corrected chi connectivity index (χ1v) is 9.57. The second kappa shape index (κ2) is 7.45. The zero-order chi connectivity index (χ0) is 19.7. The third-order valence-electron chi connectivity index (χ3n) is 5.70. The molecule has 0 aliphatic carbocycles. The van der Waals surface area contributed by atoms with Crippen LogP contribution in [0, 0.1) is 5.92 Å². The lowest BCUT2D eigenvalue weighted by Gasteiger charge is -2.46. The molecular weight excluding hydrogens is 367 g/mol. The molecule has 0 bridgehead atoms. The summed E-state index contributed by atoms with van der Waals surface area (Å²) in [6.07, 6.45) is 2.21. The number of rotatable bonds is 3. The molecule has 2 aliphatic rings. The molecule has 4 rings (SSSR count). The van der Waals surface area contributed by atoms with Crippen LogP contribution < -0.4 is 10.2 Å². The Bertz CT molecular complexity index is 854. The zero-order valence-electron chi connectivity index (χ0n) is 15.4. The van der Waals surface area contributed by atoms with Gasteiger partial charge in [0.15, 0.2) is 0 Å². The molecule has 7 heteroatoms. The number of pyridine rings is 1. The quantitative estimate of drug-likeness (QED) is 0.865. The number of alkyl halides is 3. The van der Waals surface area contributed by atoms with Crippen molar-refractivity contribution in [3.63, 3.8) is 0 Å². The Morgan fingerprint density at radius 1 is 1.25 bits per heavy atom. The molecule has 2 aliphatic heterocycles. The number of anilines is 1. The van der Waals surface area contributed by atoms with Crippen LogP contribution in [-0.4, -0.2) is 23.5 Å². The van der Waals surface area contributed by atoms with Crippen molar-refractivity contribution < 1.29 is 18.0 Å². The van der Waals surface area contributed by atoms with Gasteiger partial charge in [-0.15, -0.1) is 0 Å². The highest BCUT2D eigenvalue weighted by Gasteiger charge is 2.40.